The molecule has 0 aromatic carbocycles. The van der Waals surface area contributed by atoms with Gasteiger partial charge in [0.1, 0.15) is 0 Å². The molecule has 54 valence electrons. The van der Waals surface area contributed by atoms with E-state index in [1.54, 1.807) is 0 Å². The van der Waals surface area contributed by atoms with Gasteiger partial charge in [0, 0.05) is 0 Å². The van der Waals surface area contributed by atoms with Crippen LogP contribution in [0.15, 0.2) is 36.0 Å². The van der Waals surface area contributed by atoms with Crippen molar-refractivity contribution in [2.24, 2.45) is 5.41 Å². The SMILES string of the molecule is [CH2-]C1(C)C=CC=CC(C)=C1. The van der Waals surface area contributed by atoms with E-state index in [1.165, 1.54) is 5.57 Å². The van der Waals surface area contributed by atoms with E-state index in [-0.39, 0.29) is 5.41 Å². The van der Waals surface area contributed by atoms with E-state index in [1.807, 2.05) is 12.2 Å². The molecule has 0 spiro atoms. The topological polar surface area (TPSA) is 0 Å². The molecule has 1 aliphatic carbocycles. The zero-order valence-electron chi connectivity index (χ0n) is 6.59. The second kappa shape index (κ2) is 2.45. The first-order valence-corrected chi connectivity index (χ1v) is 3.51. The molecule has 1 atom stereocenters. The largest absolute Gasteiger partial charge is 0.330 e. The molecule has 0 N–H and O–H groups in total. The molecule has 0 heterocycles. The molecular formula is C10H13-. The Bertz CT molecular complexity index is 202. The van der Waals surface area contributed by atoms with Gasteiger partial charge in [-0.2, -0.15) is 0 Å². The van der Waals surface area contributed by atoms with Crippen molar-refractivity contribution >= 4 is 0 Å². The molecular weight excluding hydrogens is 120 g/mol. The summed E-state index contributed by atoms with van der Waals surface area (Å²) in [6.07, 6.45) is 10.4. The lowest BCUT2D eigenvalue weighted by atomic mass is 9.92. The highest BCUT2D eigenvalue weighted by Crippen LogP contribution is 2.22. The summed E-state index contributed by atoms with van der Waals surface area (Å²) in [6, 6.07) is 0. The van der Waals surface area contributed by atoms with Crippen LogP contribution in [0.3, 0.4) is 0 Å². The molecule has 0 fully saturated rings. The summed E-state index contributed by atoms with van der Waals surface area (Å²) in [5.41, 5.74) is 1.26. The maximum atomic E-state index is 4.04. The zero-order valence-corrected chi connectivity index (χ0v) is 6.59. The third-order valence-corrected chi connectivity index (χ3v) is 1.50. The van der Waals surface area contributed by atoms with Crippen LogP contribution in [-0.4, -0.2) is 0 Å². The van der Waals surface area contributed by atoms with E-state index in [0.717, 1.165) is 0 Å². The summed E-state index contributed by atoms with van der Waals surface area (Å²) in [7, 11) is 0. The van der Waals surface area contributed by atoms with Gasteiger partial charge in [0.05, 0.1) is 0 Å². The second-order valence-electron chi connectivity index (χ2n) is 3.11. The first kappa shape index (κ1) is 7.33. The van der Waals surface area contributed by atoms with Crippen LogP contribution in [0.25, 0.3) is 0 Å². The van der Waals surface area contributed by atoms with E-state index < -0.39 is 0 Å². The van der Waals surface area contributed by atoms with Gasteiger partial charge in [0.15, 0.2) is 0 Å². The minimum absolute atomic E-state index is 0.0203. The predicted molar refractivity (Wildman–Crippen MR) is 45.5 cm³/mol. The van der Waals surface area contributed by atoms with E-state index in [0.29, 0.717) is 0 Å². The highest BCUT2D eigenvalue weighted by atomic mass is 14.1. The van der Waals surface area contributed by atoms with Crippen LogP contribution in [0.2, 0.25) is 0 Å². The summed E-state index contributed by atoms with van der Waals surface area (Å²) in [5.74, 6) is 0. The zero-order chi connectivity index (χ0) is 7.61. The monoisotopic (exact) mass is 133 g/mol. The van der Waals surface area contributed by atoms with Crippen molar-refractivity contribution in [3.63, 3.8) is 0 Å². The molecule has 0 radical (unpaired) electrons. The van der Waals surface area contributed by atoms with Gasteiger partial charge in [-0.1, -0.05) is 30.7 Å². The van der Waals surface area contributed by atoms with Crippen LogP contribution >= 0.6 is 0 Å². The minimum atomic E-state index is -0.0203. The molecule has 0 amide bonds. The Hall–Kier alpha value is -0.780. The van der Waals surface area contributed by atoms with Gasteiger partial charge in [-0.15, -0.1) is 17.6 Å². The fourth-order valence-corrected chi connectivity index (χ4v) is 1.10. The van der Waals surface area contributed by atoms with E-state index in [4.69, 9.17) is 0 Å². The predicted octanol–water partition coefficient (Wildman–Crippen LogP) is 2.90. The van der Waals surface area contributed by atoms with Gasteiger partial charge in [-0.3, -0.25) is 0 Å². The molecule has 0 aromatic rings. The van der Waals surface area contributed by atoms with Crippen LogP contribution in [0.1, 0.15) is 13.8 Å². The molecule has 1 rings (SSSR count). The second-order valence-corrected chi connectivity index (χ2v) is 3.11. The molecule has 0 saturated carbocycles. The van der Waals surface area contributed by atoms with E-state index >= 15 is 0 Å². The highest BCUT2D eigenvalue weighted by molar-refractivity contribution is 5.30. The third-order valence-electron chi connectivity index (χ3n) is 1.50. The molecule has 0 saturated heterocycles. The van der Waals surface area contributed by atoms with Crippen LogP contribution in [-0.2, 0) is 0 Å². The first-order chi connectivity index (χ1) is 4.60. The van der Waals surface area contributed by atoms with Crippen molar-refractivity contribution in [3.8, 4) is 0 Å². The van der Waals surface area contributed by atoms with Crippen LogP contribution in [0.5, 0.6) is 0 Å². The maximum absolute atomic E-state index is 4.04. The summed E-state index contributed by atoms with van der Waals surface area (Å²) < 4.78 is 0. The fourth-order valence-electron chi connectivity index (χ4n) is 1.10. The van der Waals surface area contributed by atoms with Crippen LogP contribution < -0.4 is 0 Å². The van der Waals surface area contributed by atoms with Crippen molar-refractivity contribution in [3.05, 3.63) is 42.9 Å². The Balaban J connectivity index is 2.93. The van der Waals surface area contributed by atoms with Gasteiger partial charge in [0.2, 0.25) is 0 Å². The Morgan fingerprint density at radius 1 is 1.40 bits per heavy atom. The van der Waals surface area contributed by atoms with Gasteiger partial charge >= 0.3 is 0 Å². The van der Waals surface area contributed by atoms with Crippen molar-refractivity contribution in [1.29, 1.82) is 0 Å². The van der Waals surface area contributed by atoms with Gasteiger partial charge in [0.25, 0.3) is 0 Å². The summed E-state index contributed by atoms with van der Waals surface area (Å²) in [6.45, 7) is 8.22. The quantitative estimate of drug-likeness (QED) is 0.446. The molecule has 0 heteroatoms. The van der Waals surface area contributed by atoms with E-state index in [9.17, 15) is 0 Å². The number of allylic oxidation sites excluding steroid dienone is 6. The number of rotatable bonds is 0. The first-order valence-electron chi connectivity index (χ1n) is 3.51. The molecule has 1 aliphatic rings. The lowest BCUT2D eigenvalue weighted by Gasteiger charge is -2.23. The summed E-state index contributed by atoms with van der Waals surface area (Å²) >= 11 is 0. The summed E-state index contributed by atoms with van der Waals surface area (Å²) in [5, 5.41) is 0. The minimum Gasteiger partial charge on any atom is -0.330 e. The van der Waals surface area contributed by atoms with Crippen molar-refractivity contribution in [1.82, 2.24) is 0 Å². The number of hydrogen-bond acceptors (Lipinski definition) is 0. The average molecular weight is 133 g/mol. The highest BCUT2D eigenvalue weighted by Gasteiger charge is 2.01. The van der Waals surface area contributed by atoms with Crippen molar-refractivity contribution in [2.45, 2.75) is 13.8 Å². The average Bonchev–Trinajstić information content (AvgIpc) is 1.90. The molecule has 0 bridgehead atoms. The summed E-state index contributed by atoms with van der Waals surface area (Å²) in [4.78, 5) is 0. The van der Waals surface area contributed by atoms with Crippen LogP contribution in [0, 0.1) is 12.3 Å². The Kier molecular flexibility index (Phi) is 1.80. The third kappa shape index (κ3) is 1.87. The fraction of sp³-hybridized carbons (Fsp3) is 0.300. The van der Waals surface area contributed by atoms with E-state index in [2.05, 4.69) is 39.0 Å². The van der Waals surface area contributed by atoms with Gasteiger partial charge in [-0.25, -0.2) is 0 Å². The number of hydrogen-bond donors (Lipinski definition) is 0. The molecule has 0 nitrogen and oxygen atoms in total. The van der Waals surface area contributed by atoms with Crippen molar-refractivity contribution in [2.75, 3.05) is 0 Å². The standard InChI is InChI=1S/C10H13/c1-9-6-4-5-7-10(2,3)8-9/h4-8H,2H2,1,3H3/q-1. The Labute approximate surface area is 62.9 Å². The molecule has 1 unspecified atom stereocenters. The Morgan fingerprint density at radius 2 is 2.10 bits per heavy atom. The van der Waals surface area contributed by atoms with Crippen LogP contribution in [0.4, 0.5) is 0 Å². The molecule has 0 aromatic heterocycles. The molecule has 10 heavy (non-hydrogen) atoms. The van der Waals surface area contributed by atoms with Gasteiger partial charge in [-0.05, 0) is 6.92 Å². The Morgan fingerprint density at radius 3 is 2.80 bits per heavy atom. The normalized spacial score (nSPS) is 31.7. The molecule has 0 aliphatic heterocycles. The van der Waals surface area contributed by atoms with Gasteiger partial charge < -0.3 is 6.92 Å². The lowest BCUT2D eigenvalue weighted by Crippen LogP contribution is -2.02. The van der Waals surface area contributed by atoms with Crippen molar-refractivity contribution < 1.29 is 0 Å². The maximum Gasteiger partial charge on any atom is -0.0402 e. The smallest absolute Gasteiger partial charge is 0.0402 e. The lowest BCUT2D eigenvalue weighted by molar-refractivity contribution is 0.708.